The summed E-state index contributed by atoms with van der Waals surface area (Å²) in [6.07, 6.45) is 0. The van der Waals surface area contributed by atoms with Gasteiger partial charge in [-0.05, 0) is 19.4 Å². The first-order valence-electron chi connectivity index (χ1n) is 5.37. The average Bonchev–Trinajstić information content (AvgIpc) is 2.58. The van der Waals surface area contributed by atoms with Crippen LogP contribution in [0.15, 0.2) is 5.38 Å². The Bertz CT molecular complexity index is 439. The molecular formula is C12H17NO3S. The van der Waals surface area contributed by atoms with Gasteiger partial charge in [0.2, 0.25) is 0 Å². The predicted molar refractivity (Wildman–Crippen MR) is 67.6 cm³/mol. The molecule has 4 nitrogen and oxygen atoms in total. The number of nitrogens with zero attached hydrogens (tertiary/aromatic N) is 1. The van der Waals surface area contributed by atoms with E-state index in [0.29, 0.717) is 5.56 Å². The Morgan fingerprint density at radius 3 is 2.47 bits per heavy atom. The number of rotatable bonds is 4. The van der Waals surface area contributed by atoms with E-state index in [0.717, 1.165) is 10.4 Å². The first-order valence-corrected chi connectivity index (χ1v) is 6.25. The number of amides is 1. The molecule has 0 aliphatic rings. The molecule has 1 atom stereocenters. The average molecular weight is 255 g/mol. The van der Waals surface area contributed by atoms with Gasteiger partial charge in [0.15, 0.2) is 0 Å². The zero-order valence-corrected chi connectivity index (χ0v) is 11.3. The number of thiophene rings is 1. The maximum atomic E-state index is 12.1. The molecule has 0 aliphatic carbocycles. The van der Waals surface area contributed by atoms with Crippen LogP contribution in [0.1, 0.15) is 27.7 Å². The Morgan fingerprint density at radius 1 is 1.47 bits per heavy atom. The topological polar surface area (TPSA) is 57.6 Å². The van der Waals surface area contributed by atoms with Crippen LogP contribution in [-0.4, -0.2) is 35.5 Å². The molecule has 17 heavy (non-hydrogen) atoms. The van der Waals surface area contributed by atoms with Crippen LogP contribution >= 0.6 is 11.3 Å². The van der Waals surface area contributed by atoms with Gasteiger partial charge < -0.3 is 10.0 Å². The monoisotopic (exact) mass is 255 g/mol. The fourth-order valence-corrected chi connectivity index (χ4v) is 2.36. The third kappa shape index (κ3) is 3.06. The molecule has 0 bridgehead atoms. The van der Waals surface area contributed by atoms with E-state index in [2.05, 4.69) is 0 Å². The van der Waals surface area contributed by atoms with Crippen LogP contribution in [0.5, 0.6) is 0 Å². The molecule has 5 heteroatoms. The molecule has 0 saturated heterocycles. The molecule has 1 rings (SSSR count). The number of carbonyl (C=O) groups excluding carboxylic acids is 1. The van der Waals surface area contributed by atoms with Gasteiger partial charge in [-0.2, -0.15) is 0 Å². The Morgan fingerprint density at radius 2 is 2.06 bits per heavy atom. The highest BCUT2D eigenvalue weighted by molar-refractivity contribution is 7.10. The number of carbonyl (C=O) groups is 2. The van der Waals surface area contributed by atoms with Gasteiger partial charge in [-0.25, -0.2) is 0 Å². The van der Waals surface area contributed by atoms with Gasteiger partial charge in [-0.1, -0.05) is 6.92 Å². The van der Waals surface area contributed by atoms with E-state index in [1.165, 1.54) is 16.2 Å². The van der Waals surface area contributed by atoms with Crippen molar-refractivity contribution in [2.45, 2.75) is 20.8 Å². The number of carboxylic acids is 1. The van der Waals surface area contributed by atoms with Crippen LogP contribution in [0.25, 0.3) is 0 Å². The second-order valence-corrected chi connectivity index (χ2v) is 5.34. The van der Waals surface area contributed by atoms with Crippen molar-refractivity contribution in [2.75, 3.05) is 13.6 Å². The lowest BCUT2D eigenvalue weighted by atomic mass is 10.1. The number of aliphatic carboxylic acids is 1. The van der Waals surface area contributed by atoms with E-state index in [1.807, 2.05) is 19.2 Å². The molecule has 0 aromatic carbocycles. The van der Waals surface area contributed by atoms with Gasteiger partial charge in [0, 0.05) is 23.8 Å². The summed E-state index contributed by atoms with van der Waals surface area (Å²) >= 11 is 1.54. The number of carboxylic acid groups (broad SMARTS) is 1. The number of aryl methyl sites for hydroxylation is 1. The molecule has 0 aliphatic heterocycles. The maximum absolute atomic E-state index is 12.1. The van der Waals surface area contributed by atoms with Crippen LogP contribution in [0.4, 0.5) is 0 Å². The van der Waals surface area contributed by atoms with E-state index in [9.17, 15) is 9.59 Å². The van der Waals surface area contributed by atoms with E-state index in [-0.39, 0.29) is 12.5 Å². The van der Waals surface area contributed by atoms with Crippen LogP contribution in [0, 0.1) is 19.8 Å². The maximum Gasteiger partial charge on any atom is 0.308 e. The van der Waals surface area contributed by atoms with Gasteiger partial charge in [0.05, 0.1) is 11.5 Å². The number of hydrogen-bond acceptors (Lipinski definition) is 3. The summed E-state index contributed by atoms with van der Waals surface area (Å²) in [7, 11) is 1.63. The minimum atomic E-state index is -0.886. The summed E-state index contributed by atoms with van der Waals surface area (Å²) in [4.78, 5) is 25.4. The lowest BCUT2D eigenvalue weighted by Gasteiger charge is -2.19. The second kappa shape index (κ2) is 5.31. The molecule has 0 radical (unpaired) electrons. The zero-order chi connectivity index (χ0) is 13.2. The van der Waals surface area contributed by atoms with E-state index in [4.69, 9.17) is 5.11 Å². The predicted octanol–water partition coefficient (Wildman–Crippen LogP) is 2.16. The molecule has 94 valence electrons. The Labute approximate surface area is 105 Å². The molecule has 0 spiro atoms. The molecule has 1 N–H and O–H groups in total. The van der Waals surface area contributed by atoms with Crippen LogP contribution in [0.2, 0.25) is 0 Å². The smallest absolute Gasteiger partial charge is 0.308 e. The molecular weight excluding hydrogens is 238 g/mol. The second-order valence-electron chi connectivity index (χ2n) is 4.26. The summed E-state index contributed by atoms with van der Waals surface area (Å²) in [6.45, 7) is 5.70. The molecule has 1 unspecified atom stereocenters. The van der Waals surface area contributed by atoms with E-state index < -0.39 is 11.9 Å². The Balaban J connectivity index is 2.77. The molecule has 1 amide bonds. The highest BCUT2D eigenvalue weighted by Crippen LogP contribution is 2.21. The van der Waals surface area contributed by atoms with Crippen molar-refractivity contribution in [3.63, 3.8) is 0 Å². The molecule has 1 heterocycles. The van der Waals surface area contributed by atoms with Crippen LogP contribution in [-0.2, 0) is 4.79 Å². The third-order valence-electron chi connectivity index (χ3n) is 2.83. The highest BCUT2D eigenvalue weighted by atomic mass is 32.1. The van der Waals surface area contributed by atoms with Crippen molar-refractivity contribution in [3.05, 3.63) is 21.4 Å². The zero-order valence-electron chi connectivity index (χ0n) is 10.5. The first-order chi connectivity index (χ1) is 7.84. The third-order valence-corrected chi connectivity index (χ3v) is 3.85. The summed E-state index contributed by atoms with van der Waals surface area (Å²) in [5, 5.41) is 10.6. The van der Waals surface area contributed by atoms with Gasteiger partial charge in [-0.15, -0.1) is 11.3 Å². The summed E-state index contributed by atoms with van der Waals surface area (Å²) in [5.74, 6) is -1.55. The normalized spacial score (nSPS) is 12.2. The van der Waals surface area contributed by atoms with E-state index >= 15 is 0 Å². The minimum Gasteiger partial charge on any atom is -0.481 e. The standard InChI is InChI=1S/C12H17NO3S/c1-7(12(15)16)5-13(4)11(14)10-6-17-9(3)8(10)2/h6-7H,5H2,1-4H3,(H,15,16). The van der Waals surface area contributed by atoms with Gasteiger partial charge in [-0.3, -0.25) is 9.59 Å². The Hall–Kier alpha value is -1.36. The summed E-state index contributed by atoms with van der Waals surface area (Å²) in [5.41, 5.74) is 1.66. The first kappa shape index (κ1) is 13.7. The molecule has 1 aromatic rings. The SMILES string of the molecule is Cc1scc(C(=O)N(C)CC(C)C(=O)O)c1C. The molecule has 1 aromatic heterocycles. The quantitative estimate of drug-likeness (QED) is 0.897. The fraction of sp³-hybridized carbons (Fsp3) is 0.500. The van der Waals surface area contributed by atoms with Crippen molar-refractivity contribution < 1.29 is 14.7 Å². The number of hydrogen-bond donors (Lipinski definition) is 1. The molecule has 0 fully saturated rings. The van der Waals surface area contributed by atoms with Crippen molar-refractivity contribution in [1.29, 1.82) is 0 Å². The van der Waals surface area contributed by atoms with Gasteiger partial charge >= 0.3 is 5.97 Å². The van der Waals surface area contributed by atoms with Crippen molar-refractivity contribution in [1.82, 2.24) is 4.90 Å². The van der Waals surface area contributed by atoms with Gasteiger partial charge in [0.1, 0.15) is 0 Å². The minimum absolute atomic E-state index is 0.111. The van der Waals surface area contributed by atoms with Crippen molar-refractivity contribution in [3.8, 4) is 0 Å². The van der Waals surface area contributed by atoms with Crippen molar-refractivity contribution in [2.24, 2.45) is 5.92 Å². The van der Waals surface area contributed by atoms with Crippen LogP contribution in [0.3, 0.4) is 0 Å². The summed E-state index contributed by atoms with van der Waals surface area (Å²) < 4.78 is 0. The fourth-order valence-electron chi connectivity index (χ4n) is 1.50. The Kier molecular flexibility index (Phi) is 4.28. The van der Waals surface area contributed by atoms with Gasteiger partial charge in [0.25, 0.3) is 5.91 Å². The summed E-state index contributed by atoms with van der Waals surface area (Å²) in [6, 6.07) is 0. The van der Waals surface area contributed by atoms with Crippen molar-refractivity contribution >= 4 is 23.2 Å². The highest BCUT2D eigenvalue weighted by Gasteiger charge is 2.20. The lowest BCUT2D eigenvalue weighted by Crippen LogP contribution is -2.33. The lowest BCUT2D eigenvalue weighted by molar-refractivity contribution is -0.141. The largest absolute Gasteiger partial charge is 0.481 e. The molecule has 0 saturated carbocycles. The van der Waals surface area contributed by atoms with Crippen LogP contribution < -0.4 is 0 Å². The van der Waals surface area contributed by atoms with E-state index in [1.54, 1.807) is 14.0 Å².